The predicted octanol–water partition coefficient (Wildman–Crippen LogP) is 2.48. The van der Waals surface area contributed by atoms with Crippen LogP contribution < -0.4 is 10.6 Å². The van der Waals surface area contributed by atoms with E-state index in [0.29, 0.717) is 13.2 Å². The van der Waals surface area contributed by atoms with Crippen molar-refractivity contribution >= 4 is 41.3 Å². The van der Waals surface area contributed by atoms with Crippen LogP contribution in [-0.2, 0) is 36.3 Å². The normalized spacial score (nSPS) is 17.0. The molecule has 0 saturated carbocycles. The highest BCUT2D eigenvalue weighted by atomic mass is 127. The largest absolute Gasteiger partial charge is 0.377 e. The molecule has 0 aromatic carbocycles. The Morgan fingerprint density at radius 1 is 1.39 bits per heavy atom. The fourth-order valence-electron chi connectivity index (χ4n) is 2.96. The second-order valence-corrected chi connectivity index (χ2v) is 8.62. The summed E-state index contributed by atoms with van der Waals surface area (Å²) in [6.07, 6.45) is 1.89. The molecule has 3 heterocycles. The summed E-state index contributed by atoms with van der Waals surface area (Å²) in [5, 5.41) is 14.6. The number of aliphatic imine (C=N–C) groups is 1. The number of halogens is 1. The van der Waals surface area contributed by atoms with Crippen molar-refractivity contribution in [1.29, 1.82) is 0 Å². The van der Waals surface area contributed by atoms with Gasteiger partial charge in [-0.25, -0.2) is 14.6 Å². The Balaban J connectivity index is 0.00000280. The van der Waals surface area contributed by atoms with E-state index in [4.69, 9.17) is 9.72 Å². The van der Waals surface area contributed by atoms with Gasteiger partial charge in [-0.05, 0) is 6.42 Å². The molecule has 1 unspecified atom stereocenters. The molecule has 0 amide bonds. The number of methoxy groups -OCH3 is 1. The zero-order valence-electron chi connectivity index (χ0n) is 17.2. The number of thiazole rings is 1. The first-order valence-corrected chi connectivity index (χ1v) is 10.1. The maximum Gasteiger partial charge on any atom is 0.191 e. The van der Waals surface area contributed by atoms with Crippen LogP contribution in [0.2, 0.25) is 0 Å². The third-order valence-electron chi connectivity index (χ3n) is 4.37. The van der Waals surface area contributed by atoms with E-state index in [9.17, 15) is 0 Å². The SMILES string of the molecule is CN=C(NCc1csc(C(C)(C)C)n1)NC1CCc2nc(COC)nn2C1.I. The van der Waals surface area contributed by atoms with Gasteiger partial charge in [0.25, 0.3) is 0 Å². The molecular weight excluding hydrogens is 489 g/mol. The molecule has 28 heavy (non-hydrogen) atoms. The van der Waals surface area contributed by atoms with E-state index in [2.05, 4.69) is 51.9 Å². The summed E-state index contributed by atoms with van der Waals surface area (Å²) in [7, 11) is 3.45. The van der Waals surface area contributed by atoms with Crippen molar-refractivity contribution in [3.05, 3.63) is 27.7 Å². The van der Waals surface area contributed by atoms with Gasteiger partial charge in [0.15, 0.2) is 11.8 Å². The fraction of sp³-hybridized carbons (Fsp3) is 0.667. The molecule has 1 aliphatic rings. The van der Waals surface area contributed by atoms with Crippen molar-refractivity contribution < 1.29 is 4.74 Å². The summed E-state index contributed by atoms with van der Waals surface area (Å²) in [5.74, 6) is 2.56. The van der Waals surface area contributed by atoms with Gasteiger partial charge in [0.1, 0.15) is 12.4 Å². The molecule has 3 rings (SSSR count). The zero-order chi connectivity index (χ0) is 19.4. The average Bonchev–Trinajstić information content (AvgIpc) is 3.24. The summed E-state index contributed by atoms with van der Waals surface area (Å²) >= 11 is 1.71. The number of aromatic nitrogens is 4. The van der Waals surface area contributed by atoms with Crippen LogP contribution in [0.15, 0.2) is 10.4 Å². The first kappa shape index (κ1) is 23.0. The highest BCUT2D eigenvalue weighted by molar-refractivity contribution is 14.0. The molecule has 2 aromatic heterocycles. The lowest BCUT2D eigenvalue weighted by Crippen LogP contribution is -2.46. The molecule has 0 radical (unpaired) electrons. The molecular formula is C18H30IN7OS. The Morgan fingerprint density at radius 2 is 2.18 bits per heavy atom. The van der Waals surface area contributed by atoms with E-state index in [1.165, 1.54) is 0 Å². The highest BCUT2D eigenvalue weighted by Crippen LogP contribution is 2.25. The standard InChI is InChI=1S/C18H29N7OS.HI/c1-18(2,3)16-21-13(11-27-16)8-20-17(19-4)22-12-6-7-15-23-14(10-26-5)24-25(15)9-12;/h11-12H,6-10H2,1-5H3,(H2,19,20,22);1H. The quantitative estimate of drug-likeness (QED) is 0.359. The number of guanidine groups is 1. The van der Waals surface area contributed by atoms with Crippen LogP contribution >= 0.6 is 35.3 Å². The average molecular weight is 519 g/mol. The molecule has 2 N–H and O–H groups in total. The molecule has 0 spiro atoms. The predicted molar refractivity (Wildman–Crippen MR) is 122 cm³/mol. The van der Waals surface area contributed by atoms with Gasteiger partial charge in [-0.1, -0.05) is 20.8 Å². The summed E-state index contributed by atoms with van der Waals surface area (Å²) in [6.45, 7) is 8.43. The number of aryl methyl sites for hydroxylation is 1. The second-order valence-electron chi connectivity index (χ2n) is 7.76. The van der Waals surface area contributed by atoms with Crippen LogP contribution in [0.3, 0.4) is 0 Å². The number of hydrogen-bond donors (Lipinski definition) is 2. The van der Waals surface area contributed by atoms with Gasteiger partial charge in [-0.15, -0.1) is 35.3 Å². The van der Waals surface area contributed by atoms with E-state index in [1.54, 1.807) is 25.5 Å². The summed E-state index contributed by atoms with van der Waals surface area (Å²) in [4.78, 5) is 13.6. The second kappa shape index (κ2) is 9.97. The monoisotopic (exact) mass is 519 g/mol. The van der Waals surface area contributed by atoms with E-state index in [1.807, 2.05) is 4.68 Å². The number of nitrogens with zero attached hydrogens (tertiary/aromatic N) is 5. The molecule has 156 valence electrons. The van der Waals surface area contributed by atoms with Gasteiger partial charge in [0.05, 0.1) is 23.8 Å². The van der Waals surface area contributed by atoms with Gasteiger partial charge < -0.3 is 15.4 Å². The van der Waals surface area contributed by atoms with Gasteiger partial charge >= 0.3 is 0 Å². The van der Waals surface area contributed by atoms with Crippen molar-refractivity contribution in [3.63, 3.8) is 0 Å². The summed E-state index contributed by atoms with van der Waals surface area (Å²) in [5.41, 5.74) is 1.13. The van der Waals surface area contributed by atoms with E-state index < -0.39 is 0 Å². The minimum atomic E-state index is 0. The molecule has 0 bridgehead atoms. The third kappa shape index (κ3) is 5.86. The van der Waals surface area contributed by atoms with Crippen molar-refractivity contribution in [2.24, 2.45) is 4.99 Å². The van der Waals surface area contributed by atoms with Crippen LogP contribution in [-0.4, -0.2) is 45.9 Å². The van der Waals surface area contributed by atoms with Crippen molar-refractivity contribution in [2.75, 3.05) is 14.2 Å². The van der Waals surface area contributed by atoms with E-state index in [-0.39, 0.29) is 35.4 Å². The maximum absolute atomic E-state index is 5.12. The molecule has 8 nitrogen and oxygen atoms in total. The zero-order valence-corrected chi connectivity index (χ0v) is 20.3. The van der Waals surface area contributed by atoms with Crippen molar-refractivity contribution in [1.82, 2.24) is 30.4 Å². The number of fused-ring (bicyclic) bond motifs is 1. The molecule has 10 heteroatoms. The van der Waals surface area contributed by atoms with Crippen LogP contribution in [0.1, 0.15) is 49.5 Å². The lowest BCUT2D eigenvalue weighted by Gasteiger charge is -2.25. The first-order valence-electron chi connectivity index (χ1n) is 9.22. The van der Waals surface area contributed by atoms with Crippen LogP contribution in [0.25, 0.3) is 0 Å². The highest BCUT2D eigenvalue weighted by Gasteiger charge is 2.22. The molecule has 1 aliphatic heterocycles. The third-order valence-corrected chi connectivity index (χ3v) is 5.69. The first-order chi connectivity index (χ1) is 12.9. The van der Waals surface area contributed by atoms with Gasteiger partial charge in [-0.2, -0.15) is 5.10 Å². The Morgan fingerprint density at radius 3 is 2.82 bits per heavy atom. The Bertz CT molecular complexity index is 796. The van der Waals surface area contributed by atoms with Crippen molar-refractivity contribution in [3.8, 4) is 0 Å². The fourth-order valence-corrected chi connectivity index (χ4v) is 3.87. The van der Waals surface area contributed by atoms with Gasteiger partial charge in [0.2, 0.25) is 0 Å². The lowest BCUT2D eigenvalue weighted by molar-refractivity contribution is 0.177. The van der Waals surface area contributed by atoms with Gasteiger partial charge in [-0.3, -0.25) is 4.99 Å². The van der Waals surface area contributed by atoms with Crippen LogP contribution in [0, 0.1) is 0 Å². The minimum Gasteiger partial charge on any atom is -0.377 e. The number of ether oxygens (including phenoxy) is 1. The number of rotatable bonds is 5. The molecule has 2 aromatic rings. The Hall–Kier alpha value is -1.27. The number of nitrogens with one attached hydrogen (secondary N) is 2. The lowest BCUT2D eigenvalue weighted by atomic mass is 9.98. The maximum atomic E-state index is 5.12. The van der Waals surface area contributed by atoms with Crippen LogP contribution in [0.5, 0.6) is 0 Å². The van der Waals surface area contributed by atoms with E-state index in [0.717, 1.165) is 47.7 Å². The van der Waals surface area contributed by atoms with E-state index >= 15 is 0 Å². The van der Waals surface area contributed by atoms with Gasteiger partial charge in [0, 0.05) is 37.4 Å². The molecule has 0 saturated heterocycles. The summed E-state index contributed by atoms with van der Waals surface area (Å²) < 4.78 is 7.09. The molecule has 0 fully saturated rings. The molecule has 1 atom stereocenters. The summed E-state index contributed by atoms with van der Waals surface area (Å²) in [6, 6.07) is 0.265. The topological polar surface area (TPSA) is 89.2 Å². The minimum absolute atomic E-state index is 0. The Kier molecular flexibility index (Phi) is 8.19. The van der Waals surface area contributed by atoms with Crippen LogP contribution in [0.4, 0.5) is 0 Å². The molecule has 0 aliphatic carbocycles. The Labute approximate surface area is 187 Å². The number of hydrogen-bond acceptors (Lipinski definition) is 6. The van der Waals surface area contributed by atoms with Crippen molar-refractivity contribution in [2.45, 2.75) is 64.8 Å². The smallest absolute Gasteiger partial charge is 0.191 e.